The van der Waals surface area contributed by atoms with Gasteiger partial charge >= 0.3 is 0 Å². The number of piperidine rings is 2. The highest BCUT2D eigenvalue weighted by atomic mass is 16.3. The number of carbonyl (C=O) groups excluding carboxylic acids is 1. The average Bonchev–Trinajstić information content (AvgIpc) is 3.43. The molecule has 0 radical (unpaired) electrons. The zero-order chi connectivity index (χ0) is 23.1. The molecule has 6 nitrogen and oxygen atoms in total. The molecule has 34 heavy (non-hydrogen) atoms. The number of nitrogens with one attached hydrogen (secondary N) is 1. The van der Waals surface area contributed by atoms with E-state index in [9.17, 15) is 9.90 Å². The number of hydrogen-bond acceptors (Lipinski definition) is 4. The molecule has 2 N–H and O–H groups in total. The van der Waals surface area contributed by atoms with Crippen LogP contribution in [0.1, 0.15) is 60.0 Å². The molecule has 2 fully saturated rings. The number of aromatic hydroxyl groups is 1. The van der Waals surface area contributed by atoms with Gasteiger partial charge in [0.15, 0.2) is 5.88 Å². The molecular weight excluding hydrogens is 424 g/mol. The van der Waals surface area contributed by atoms with Gasteiger partial charge in [-0.15, -0.1) is 0 Å². The zero-order valence-corrected chi connectivity index (χ0v) is 19.4. The van der Waals surface area contributed by atoms with Gasteiger partial charge in [-0.05, 0) is 68.4 Å². The maximum absolute atomic E-state index is 13.0. The Labute approximate surface area is 199 Å². The lowest BCUT2D eigenvalue weighted by Crippen LogP contribution is -2.29. The van der Waals surface area contributed by atoms with Crippen LogP contribution < -0.4 is 9.80 Å². The van der Waals surface area contributed by atoms with Gasteiger partial charge < -0.3 is 19.9 Å². The molecular formula is C28H30N4O2. The number of amides is 1. The molecule has 6 rings (SSSR count). The van der Waals surface area contributed by atoms with Crippen molar-refractivity contribution in [1.82, 2.24) is 4.98 Å². The number of aromatic nitrogens is 1. The minimum absolute atomic E-state index is 0.00480. The fourth-order valence-corrected chi connectivity index (χ4v) is 5.54. The number of nitrogens with zero attached hydrogens (tertiary/aromatic N) is 3. The molecule has 2 saturated heterocycles. The van der Waals surface area contributed by atoms with Gasteiger partial charge in [-0.3, -0.25) is 4.79 Å². The maximum Gasteiger partial charge on any atom is 0.280 e. The van der Waals surface area contributed by atoms with E-state index >= 15 is 0 Å². The predicted molar refractivity (Wildman–Crippen MR) is 136 cm³/mol. The predicted octanol–water partition coefficient (Wildman–Crippen LogP) is 5.36. The van der Waals surface area contributed by atoms with E-state index in [0.29, 0.717) is 22.5 Å². The van der Waals surface area contributed by atoms with Crippen molar-refractivity contribution in [2.75, 3.05) is 36.0 Å². The van der Waals surface area contributed by atoms with Crippen LogP contribution in [0.5, 0.6) is 5.88 Å². The second kappa shape index (κ2) is 8.67. The van der Waals surface area contributed by atoms with Crippen molar-refractivity contribution in [3.8, 4) is 17.1 Å². The molecule has 2 aromatic carbocycles. The van der Waals surface area contributed by atoms with Gasteiger partial charge in [-0.2, -0.15) is 0 Å². The molecule has 1 aromatic heterocycles. The van der Waals surface area contributed by atoms with Crippen LogP contribution in [0.3, 0.4) is 0 Å². The van der Waals surface area contributed by atoms with Gasteiger partial charge in [0.25, 0.3) is 5.91 Å². The van der Waals surface area contributed by atoms with E-state index in [1.807, 2.05) is 24.3 Å². The first-order valence-electron chi connectivity index (χ1n) is 12.5. The summed E-state index contributed by atoms with van der Waals surface area (Å²) in [6.45, 7) is 4.34. The Kier molecular flexibility index (Phi) is 5.36. The van der Waals surface area contributed by atoms with Crippen LogP contribution in [0.25, 0.3) is 11.3 Å². The topological polar surface area (TPSA) is 71.9 Å². The van der Waals surface area contributed by atoms with Gasteiger partial charge in [-0.25, -0.2) is 4.99 Å². The van der Waals surface area contributed by atoms with E-state index in [1.54, 1.807) is 0 Å². The van der Waals surface area contributed by atoms with Gasteiger partial charge in [-0.1, -0.05) is 24.3 Å². The quantitative estimate of drug-likeness (QED) is 0.557. The Morgan fingerprint density at radius 3 is 1.71 bits per heavy atom. The fraction of sp³-hybridized carbons (Fsp3) is 0.357. The van der Waals surface area contributed by atoms with E-state index in [-0.39, 0.29) is 11.8 Å². The molecule has 3 aliphatic heterocycles. The number of rotatable bonds is 4. The highest BCUT2D eigenvalue weighted by molar-refractivity contribution is 6.30. The Morgan fingerprint density at radius 1 is 0.676 bits per heavy atom. The van der Waals surface area contributed by atoms with Gasteiger partial charge in [0, 0.05) is 43.1 Å². The number of aromatic amines is 1. The number of anilines is 2. The lowest BCUT2D eigenvalue weighted by molar-refractivity contribution is 0.101. The first-order valence-corrected chi connectivity index (χ1v) is 12.5. The minimum Gasteiger partial charge on any atom is -0.494 e. The summed E-state index contributed by atoms with van der Waals surface area (Å²) in [7, 11) is 0. The van der Waals surface area contributed by atoms with Gasteiger partial charge in [0.05, 0.1) is 22.5 Å². The SMILES string of the molecule is O=C1N=C(c2ccc(N3CCCCC3)cc2)c2c(O)[nH]c(-c3ccc(N4CCCCC4)cc3)c21. The summed E-state index contributed by atoms with van der Waals surface area (Å²) >= 11 is 0. The van der Waals surface area contributed by atoms with E-state index in [1.165, 1.54) is 49.9 Å². The van der Waals surface area contributed by atoms with Crippen molar-refractivity contribution in [2.24, 2.45) is 4.99 Å². The van der Waals surface area contributed by atoms with Crippen LogP contribution in [0.4, 0.5) is 11.4 Å². The number of aliphatic imine (C=N–C) groups is 1. The lowest BCUT2D eigenvalue weighted by Gasteiger charge is -2.28. The molecule has 0 unspecified atom stereocenters. The van der Waals surface area contributed by atoms with Crippen molar-refractivity contribution in [3.05, 3.63) is 65.2 Å². The third-order valence-corrected chi connectivity index (χ3v) is 7.38. The molecule has 0 bridgehead atoms. The molecule has 174 valence electrons. The Bertz CT molecular complexity index is 1230. The largest absolute Gasteiger partial charge is 0.494 e. The van der Waals surface area contributed by atoms with Crippen LogP contribution in [0, 0.1) is 0 Å². The molecule has 0 aliphatic carbocycles. The average molecular weight is 455 g/mol. The summed E-state index contributed by atoms with van der Waals surface area (Å²) < 4.78 is 0. The van der Waals surface area contributed by atoms with E-state index < -0.39 is 0 Å². The number of carbonyl (C=O) groups is 1. The van der Waals surface area contributed by atoms with Crippen molar-refractivity contribution >= 4 is 23.0 Å². The molecule has 0 spiro atoms. The molecule has 1 amide bonds. The Hall–Kier alpha value is -3.54. The third kappa shape index (κ3) is 3.67. The highest BCUT2D eigenvalue weighted by Crippen LogP contribution is 2.38. The van der Waals surface area contributed by atoms with Crippen molar-refractivity contribution in [1.29, 1.82) is 0 Å². The summed E-state index contributed by atoms with van der Waals surface area (Å²) in [5.41, 5.74) is 6.25. The van der Waals surface area contributed by atoms with Crippen LogP contribution in [0.15, 0.2) is 53.5 Å². The standard InChI is InChI=1S/C28H30N4O2/c33-27-23-24(26(30-27)20-9-13-22(14-10-20)32-17-5-2-6-18-32)28(34)29-25(23)19-7-11-21(12-8-19)31-15-3-1-4-16-31/h7-14,29,34H,1-6,15-18H2. The molecule has 3 aromatic rings. The normalized spacial score (nSPS) is 18.2. The van der Waals surface area contributed by atoms with Gasteiger partial charge in [0.2, 0.25) is 0 Å². The van der Waals surface area contributed by atoms with E-state index in [0.717, 1.165) is 37.3 Å². The Morgan fingerprint density at radius 2 is 1.18 bits per heavy atom. The first kappa shape index (κ1) is 21.0. The number of H-pyrrole nitrogens is 1. The molecule has 6 heteroatoms. The van der Waals surface area contributed by atoms with Crippen molar-refractivity contribution in [3.63, 3.8) is 0 Å². The van der Waals surface area contributed by atoms with E-state index in [4.69, 9.17) is 0 Å². The summed E-state index contributed by atoms with van der Waals surface area (Å²) in [5.74, 6) is -0.313. The number of fused-ring (bicyclic) bond motifs is 1. The molecule has 0 atom stereocenters. The second-order valence-electron chi connectivity index (χ2n) is 9.55. The smallest absolute Gasteiger partial charge is 0.280 e. The van der Waals surface area contributed by atoms with Crippen LogP contribution in [0.2, 0.25) is 0 Å². The minimum atomic E-state index is -0.309. The maximum atomic E-state index is 13.0. The number of benzene rings is 2. The van der Waals surface area contributed by atoms with Crippen molar-refractivity contribution in [2.45, 2.75) is 38.5 Å². The van der Waals surface area contributed by atoms with Crippen LogP contribution in [-0.2, 0) is 0 Å². The third-order valence-electron chi connectivity index (χ3n) is 7.38. The van der Waals surface area contributed by atoms with Crippen LogP contribution >= 0.6 is 0 Å². The monoisotopic (exact) mass is 454 g/mol. The van der Waals surface area contributed by atoms with Gasteiger partial charge in [0.1, 0.15) is 0 Å². The summed E-state index contributed by atoms with van der Waals surface area (Å²) in [6.07, 6.45) is 7.51. The summed E-state index contributed by atoms with van der Waals surface area (Å²) in [5, 5.41) is 10.8. The summed E-state index contributed by atoms with van der Waals surface area (Å²) in [6, 6.07) is 16.4. The highest BCUT2D eigenvalue weighted by Gasteiger charge is 2.33. The van der Waals surface area contributed by atoms with E-state index in [2.05, 4.69) is 44.0 Å². The first-order chi connectivity index (χ1) is 16.7. The van der Waals surface area contributed by atoms with Crippen molar-refractivity contribution < 1.29 is 9.90 Å². The zero-order valence-electron chi connectivity index (χ0n) is 19.4. The second-order valence-corrected chi connectivity index (χ2v) is 9.55. The Balaban J connectivity index is 1.28. The summed E-state index contributed by atoms with van der Waals surface area (Å²) in [4.78, 5) is 25.2. The molecule has 3 aliphatic rings. The fourth-order valence-electron chi connectivity index (χ4n) is 5.54. The molecule has 0 saturated carbocycles. The lowest BCUT2D eigenvalue weighted by atomic mass is 9.99. The molecule has 4 heterocycles. The van der Waals surface area contributed by atoms with Crippen LogP contribution in [-0.4, -0.2) is 47.9 Å². The number of hydrogen-bond donors (Lipinski definition) is 2.